The molecule has 1 aliphatic rings. The minimum Gasteiger partial charge on any atom is -0.486 e. The summed E-state index contributed by atoms with van der Waals surface area (Å²) in [5.41, 5.74) is 0.786. The molecule has 2 aromatic carbocycles. The van der Waals surface area contributed by atoms with Crippen molar-refractivity contribution in [1.29, 1.82) is 0 Å². The topological polar surface area (TPSA) is 82.1 Å². The molecular formula is C18H19NO6S. The molecule has 0 fully saturated rings. The molecule has 0 bridgehead atoms. The minimum absolute atomic E-state index is 0.0960. The maximum atomic E-state index is 12.9. The molecule has 2 aromatic rings. The molecule has 0 spiro atoms. The zero-order valence-corrected chi connectivity index (χ0v) is 15.3. The largest absolute Gasteiger partial charge is 0.486 e. The molecule has 8 heteroatoms. The first-order valence-corrected chi connectivity index (χ1v) is 9.53. The second-order valence-corrected chi connectivity index (χ2v) is 7.51. The van der Waals surface area contributed by atoms with Gasteiger partial charge < -0.3 is 14.2 Å². The van der Waals surface area contributed by atoms with Crippen LogP contribution >= 0.6 is 0 Å². The van der Waals surface area contributed by atoms with E-state index in [1.54, 1.807) is 25.1 Å². The van der Waals surface area contributed by atoms with Gasteiger partial charge >= 0.3 is 5.97 Å². The highest BCUT2D eigenvalue weighted by Crippen LogP contribution is 2.33. The number of benzene rings is 2. The van der Waals surface area contributed by atoms with Crippen LogP contribution in [0.2, 0.25) is 0 Å². The van der Waals surface area contributed by atoms with Gasteiger partial charge in [-0.2, -0.15) is 0 Å². The van der Waals surface area contributed by atoms with Crippen molar-refractivity contribution in [1.82, 2.24) is 0 Å². The molecule has 0 unspecified atom stereocenters. The predicted octanol–water partition coefficient (Wildman–Crippen LogP) is 2.46. The summed E-state index contributed by atoms with van der Waals surface area (Å²) in [7, 11) is -2.34. The highest BCUT2D eigenvalue weighted by atomic mass is 32.2. The molecule has 0 N–H and O–H groups in total. The lowest BCUT2D eigenvalue weighted by atomic mass is 10.2. The Bertz CT molecular complexity index is 908. The summed E-state index contributed by atoms with van der Waals surface area (Å²) in [6.07, 6.45) is 0. The lowest BCUT2D eigenvalue weighted by Gasteiger charge is -2.22. The first-order valence-electron chi connectivity index (χ1n) is 8.09. The fraction of sp³-hybridized carbons (Fsp3) is 0.278. The molecule has 1 heterocycles. The van der Waals surface area contributed by atoms with Crippen LogP contribution in [0.15, 0.2) is 47.4 Å². The molecular weight excluding hydrogens is 358 g/mol. The Morgan fingerprint density at radius 2 is 1.73 bits per heavy atom. The van der Waals surface area contributed by atoms with E-state index in [1.807, 2.05) is 0 Å². The van der Waals surface area contributed by atoms with Crippen molar-refractivity contribution >= 4 is 21.7 Å². The number of esters is 1. The van der Waals surface area contributed by atoms with Crippen LogP contribution in [0.1, 0.15) is 17.3 Å². The minimum atomic E-state index is -3.79. The van der Waals surface area contributed by atoms with Crippen molar-refractivity contribution in [3.63, 3.8) is 0 Å². The summed E-state index contributed by atoms with van der Waals surface area (Å²) in [6, 6.07) is 10.7. The normalized spacial score (nSPS) is 13.2. The van der Waals surface area contributed by atoms with Crippen LogP contribution in [0, 0.1) is 0 Å². The Morgan fingerprint density at radius 1 is 1.08 bits per heavy atom. The van der Waals surface area contributed by atoms with Gasteiger partial charge in [0.25, 0.3) is 10.0 Å². The van der Waals surface area contributed by atoms with Gasteiger partial charge in [0.05, 0.1) is 22.8 Å². The van der Waals surface area contributed by atoms with Crippen molar-refractivity contribution in [2.24, 2.45) is 0 Å². The average Bonchev–Trinajstić information content (AvgIpc) is 2.67. The SMILES string of the molecule is CCOC(=O)c1ccc(N(C)S(=O)(=O)c2ccc3c(c2)OCCO3)cc1. The van der Waals surface area contributed by atoms with E-state index in [-0.39, 0.29) is 11.5 Å². The predicted molar refractivity (Wildman–Crippen MR) is 95.4 cm³/mol. The van der Waals surface area contributed by atoms with Crippen molar-refractivity contribution in [3.8, 4) is 11.5 Å². The van der Waals surface area contributed by atoms with E-state index in [0.717, 1.165) is 4.31 Å². The van der Waals surface area contributed by atoms with E-state index in [2.05, 4.69) is 0 Å². The van der Waals surface area contributed by atoms with Gasteiger partial charge in [-0.25, -0.2) is 13.2 Å². The highest BCUT2D eigenvalue weighted by molar-refractivity contribution is 7.92. The molecule has 3 rings (SSSR count). The fourth-order valence-electron chi connectivity index (χ4n) is 2.50. The van der Waals surface area contributed by atoms with Crippen LogP contribution in [0.25, 0.3) is 0 Å². The van der Waals surface area contributed by atoms with E-state index in [4.69, 9.17) is 14.2 Å². The average molecular weight is 377 g/mol. The number of carbonyl (C=O) groups excluding carboxylic acids is 1. The summed E-state index contributed by atoms with van der Waals surface area (Å²) in [4.78, 5) is 11.8. The summed E-state index contributed by atoms with van der Waals surface area (Å²) >= 11 is 0. The molecule has 0 atom stereocenters. The molecule has 0 saturated heterocycles. The fourth-order valence-corrected chi connectivity index (χ4v) is 3.71. The Balaban J connectivity index is 1.86. The van der Waals surface area contributed by atoms with E-state index in [0.29, 0.717) is 36.0 Å². The van der Waals surface area contributed by atoms with Gasteiger partial charge in [-0.1, -0.05) is 0 Å². The van der Waals surface area contributed by atoms with Gasteiger partial charge in [0.1, 0.15) is 13.2 Å². The Kier molecular flexibility index (Phi) is 5.03. The van der Waals surface area contributed by atoms with Crippen LogP contribution in [0.4, 0.5) is 5.69 Å². The van der Waals surface area contributed by atoms with Crippen LogP contribution in [0.3, 0.4) is 0 Å². The molecule has 7 nitrogen and oxygen atoms in total. The van der Waals surface area contributed by atoms with Crippen LogP contribution in [-0.2, 0) is 14.8 Å². The first kappa shape index (κ1) is 18.1. The summed E-state index contributed by atoms with van der Waals surface area (Å²) < 4.78 is 42.7. The number of hydrogen-bond acceptors (Lipinski definition) is 6. The van der Waals surface area contributed by atoms with Crippen molar-refractivity contribution < 1.29 is 27.4 Å². The van der Waals surface area contributed by atoms with Gasteiger partial charge in [0.2, 0.25) is 0 Å². The van der Waals surface area contributed by atoms with Crippen LogP contribution in [-0.4, -0.2) is 41.3 Å². The number of anilines is 1. The number of carbonyl (C=O) groups is 1. The van der Waals surface area contributed by atoms with E-state index < -0.39 is 16.0 Å². The van der Waals surface area contributed by atoms with Gasteiger partial charge in [-0.15, -0.1) is 0 Å². The van der Waals surface area contributed by atoms with Gasteiger partial charge in [-0.05, 0) is 43.3 Å². The standard InChI is InChI=1S/C18H19NO6S/c1-3-23-18(20)13-4-6-14(7-5-13)19(2)26(21,22)15-8-9-16-17(12-15)25-11-10-24-16/h4-9,12H,3,10-11H2,1-2H3. The summed E-state index contributed by atoms with van der Waals surface area (Å²) in [6.45, 7) is 2.81. The second-order valence-electron chi connectivity index (χ2n) is 5.55. The smallest absolute Gasteiger partial charge is 0.338 e. The third kappa shape index (κ3) is 3.45. The maximum absolute atomic E-state index is 12.9. The van der Waals surface area contributed by atoms with Crippen molar-refractivity contribution in [2.75, 3.05) is 31.2 Å². The third-order valence-electron chi connectivity index (χ3n) is 3.91. The Labute approximate surface area is 152 Å². The first-order chi connectivity index (χ1) is 12.4. The van der Waals surface area contributed by atoms with E-state index >= 15 is 0 Å². The Morgan fingerprint density at radius 3 is 2.38 bits per heavy atom. The lowest BCUT2D eigenvalue weighted by molar-refractivity contribution is 0.0526. The molecule has 0 radical (unpaired) electrons. The van der Waals surface area contributed by atoms with Crippen LogP contribution < -0.4 is 13.8 Å². The van der Waals surface area contributed by atoms with Gasteiger partial charge in [0.15, 0.2) is 11.5 Å². The third-order valence-corrected chi connectivity index (χ3v) is 5.70. The van der Waals surface area contributed by atoms with Crippen molar-refractivity contribution in [3.05, 3.63) is 48.0 Å². The zero-order chi connectivity index (χ0) is 18.7. The lowest BCUT2D eigenvalue weighted by Crippen LogP contribution is -2.27. The number of ether oxygens (including phenoxy) is 3. The molecule has 1 aliphatic heterocycles. The molecule has 26 heavy (non-hydrogen) atoms. The molecule has 0 aliphatic carbocycles. The van der Waals surface area contributed by atoms with Crippen molar-refractivity contribution in [2.45, 2.75) is 11.8 Å². The highest BCUT2D eigenvalue weighted by Gasteiger charge is 2.24. The van der Waals surface area contributed by atoms with E-state index in [1.165, 1.54) is 31.3 Å². The van der Waals surface area contributed by atoms with Gasteiger partial charge in [0, 0.05) is 13.1 Å². The van der Waals surface area contributed by atoms with Crippen LogP contribution in [0.5, 0.6) is 11.5 Å². The molecule has 0 amide bonds. The summed E-state index contributed by atoms with van der Waals surface area (Å²) in [5, 5.41) is 0. The molecule has 0 aromatic heterocycles. The second kappa shape index (κ2) is 7.25. The Hall–Kier alpha value is -2.74. The number of rotatable bonds is 5. The maximum Gasteiger partial charge on any atom is 0.338 e. The van der Waals surface area contributed by atoms with E-state index in [9.17, 15) is 13.2 Å². The molecule has 138 valence electrons. The number of sulfonamides is 1. The number of nitrogens with zero attached hydrogens (tertiary/aromatic N) is 1. The number of fused-ring (bicyclic) bond motifs is 1. The zero-order valence-electron chi connectivity index (χ0n) is 14.5. The van der Waals surface area contributed by atoms with Gasteiger partial charge in [-0.3, -0.25) is 4.31 Å². The quantitative estimate of drug-likeness (QED) is 0.745. The monoisotopic (exact) mass is 377 g/mol. The summed E-state index contributed by atoms with van der Waals surface area (Å²) in [5.74, 6) is 0.483. The number of hydrogen-bond donors (Lipinski definition) is 0. The molecule has 0 saturated carbocycles.